The lowest BCUT2D eigenvalue weighted by atomic mass is 9.78. The first-order valence-electron chi connectivity index (χ1n) is 13.4. The number of allylic oxidation sites excluding steroid dienone is 2. The SMILES string of the molecule is COC(=O)[C@]12CS/C(=C3/SC[C@](C(=O)OC)(Cc4cn(nn4)CCc4ccc(cc4)CCn4cc(nn4)C1)C3=O)C2=O. The Morgan fingerprint density at radius 2 is 1.14 bits per heavy atom. The molecular weight excluding hydrogens is 580 g/mol. The van der Waals surface area contributed by atoms with Crippen molar-refractivity contribution in [1.82, 2.24) is 30.0 Å². The summed E-state index contributed by atoms with van der Waals surface area (Å²) < 4.78 is 13.6. The summed E-state index contributed by atoms with van der Waals surface area (Å²) in [5, 5.41) is 16.9. The third kappa shape index (κ3) is 4.85. The molecule has 2 saturated heterocycles. The van der Waals surface area contributed by atoms with E-state index < -0.39 is 34.3 Å². The first-order chi connectivity index (χ1) is 20.3. The summed E-state index contributed by atoms with van der Waals surface area (Å²) in [4.78, 5) is 54.6. The van der Waals surface area contributed by atoms with Gasteiger partial charge in [-0.25, -0.2) is 0 Å². The number of ether oxygens (including phenoxy) is 2. The zero-order valence-electron chi connectivity index (χ0n) is 23.1. The van der Waals surface area contributed by atoms with Crippen molar-refractivity contribution in [2.45, 2.75) is 38.8 Å². The van der Waals surface area contributed by atoms with Crippen molar-refractivity contribution >= 4 is 47.0 Å². The van der Waals surface area contributed by atoms with Crippen molar-refractivity contribution in [2.24, 2.45) is 10.8 Å². The number of benzene rings is 1. The molecular formula is C28H28N6O6S2. The molecule has 0 unspecified atom stereocenters. The van der Waals surface area contributed by atoms with Gasteiger partial charge in [0, 0.05) is 49.8 Å². The average molecular weight is 609 g/mol. The molecule has 2 aromatic heterocycles. The van der Waals surface area contributed by atoms with Crippen molar-refractivity contribution in [1.29, 1.82) is 0 Å². The Morgan fingerprint density at radius 3 is 1.52 bits per heavy atom. The normalized spacial score (nSPS) is 26.0. The van der Waals surface area contributed by atoms with Crippen molar-refractivity contribution < 1.29 is 28.7 Å². The first-order valence-corrected chi connectivity index (χ1v) is 15.4. The van der Waals surface area contributed by atoms with Gasteiger partial charge in [-0.3, -0.25) is 28.5 Å². The first kappa shape index (κ1) is 28.3. The molecule has 0 aliphatic carbocycles. The van der Waals surface area contributed by atoms with Gasteiger partial charge in [0.05, 0.1) is 35.4 Å². The molecule has 14 heteroatoms. The van der Waals surface area contributed by atoms with Crippen molar-refractivity contribution in [3.05, 3.63) is 69.0 Å². The van der Waals surface area contributed by atoms with Crippen LogP contribution in [0.3, 0.4) is 0 Å². The maximum atomic E-state index is 14.0. The van der Waals surface area contributed by atoms with Gasteiger partial charge in [-0.1, -0.05) is 34.7 Å². The number of aromatic nitrogens is 6. The maximum absolute atomic E-state index is 14.0. The molecule has 10 bridgehead atoms. The number of carbonyl (C=O) groups is 4. The zero-order valence-corrected chi connectivity index (χ0v) is 24.7. The number of aryl methyl sites for hydroxylation is 4. The van der Waals surface area contributed by atoms with Crippen LogP contribution in [0.1, 0.15) is 22.5 Å². The molecule has 2 fully saturated rings. The highest BCUT2D eigenvalue weighted by Crippen LogP contribution is 2.52. The molecule has 7 rings (SSSR count). The van der Waals surface area contributed by atoms with Crippen LogP contribution in [0.2, 0.25) is 0 Å². The molecule has 0 radical (unpaired) electrons. The molecule has 2 atom stereocenters. The standard InChI is InChI=1S/C28H28N6O6S2/c1-39-25(37)27-11-19-13-33(31-29-19)9-7-17-3-5-18(6-4-17)8-10-34-14-20(30-32-34)12-28(26(38)40-2)16-42-22(24(28)36)21(23(27)35)41-15-27/h3-6,13-14H,7-12,15-16H2,1-2H3/b22-21+/t27-,28+. The lowest BCUT2D eigenvalue weighted by molar-refractivity contribution is -0.156. The molecule has 218 valence electrons. The summed E-state index contributed by atoms with van der Waals surface area (Å²) in [6.07, 6.45) is 4.86. The second kappa shape index (κ2) is 11.1. The number of methoxy groups -OCH3 is 2. The molecule has 12 nitrogen and oxygen atoms in total. The van der Waals surface area contributed by atoms with Crippen LogP contribution in [0.5, 0.6) is 0 Å². The second-order valence-corrected chi connectivity index (χ2v) is 12.6. The third-order valence-corrected chi connectivity index (χ3v) is 10.7. The van der Waals surface area contributed by atoms with Gasteiger partial charge in [-0.05, 0) is 24.0 Å². The number of esters is 2. The molecule has 6 heterocycles. The van der Waals surface area contributed by atoms with E-state index in [9.17, 15) is 19.2 Å². The van der Waals surface area contributed by atoms with E-state index in [0.29, 0.717) is 24.5 Å². The van der Waals surface area contributed by atoms with Crippen molar-refractivity contribution in [3.63, 3.8) is 0 Å². The molecule has 4 aliphatic rings. The quantitative estimate of drug-likeness (QED) is 0.307. The number of hydrogen-bond donors (Lipinski definition) is 0. The molecule has 0 saturated carbocycles. The van der Waals surface area contributed by atoms with Crippen LogP contribution < -0.4 is 0 Å². The number of fused-ring (bicyclic) bond motifs is 4. The highest BCUT2D eigenvalue weighted by molar-refractivity contribution is 8.08. The van der Waals surface area contributed by atoms with Crippen LogP contribution in [0.25, 0.3) is 0 Å². The maximum Gasteiger partial charge on any atom is 0.321 e. The average Bonchev–Trinajstić information content (AvgIpc) is 3.79. The fourth-order valence-electron chi connectivity index (χ4n) is 5.56. The Kier molecular flexibility index (Phi) is 7.51. The molecule has 4 aliphatic heterocycles. The van der Waals surface area contributed by atoms with Gasteiger partial charge in [-0.15, -0.1) is 33.7 Å². The van der Waals surface area contributed by atoms with E-state index in [1.807, 2.05) is 0 Å². The molecule has 0 amide bonds. The number of rotatable bonds is 2. The minimum absolute atomic E-state index is 0.0267. The number of thioether (sulfide) groups is 2. The van der Waals surface area contributed by atoms with Gasteiger partial charge in [0.2, 0.25) is 0 Å². The summed E-state index contributed by atoms with van der Waals surface area (Å²) in [6, 6.07) is 8.28. The summed E-state index contributed by atoms with van der Waals surface area (Å²) >= 11 is 2.25. The van der Waals surface area contributed by atoms with Gasteiger partial charge >= 0.3 is 11.9 Å². The highest BCUT2D eigenvalue weighted by Gasteiger charge is 2.59. The van der Waals surface area contributed by atoms with Gasteiger partial charge in [0.1, 0.15) is 10.8 Å². The lowest BCUT2D eigenvalue weighted by Crippen LogP contribution is -2.42. The number of ketones is 2. The van der Waals surface area contributed by atoms with Crippen LogP contribution in [0.15, 0.2) is 46.5 Å². The summed E-state index contributed by atoms with van der Waals surface area (Å²) in [7, 11) is 2.46. The second-order valence-electron chi connectivity index (χ2n) is 10.7. The van der Waals surface area contributed by atoms with Gasteiger partial charge < -0.3 is 9.47 Å². The Hall–Kier alpha value is -3.78. The van der Waals surface area contributed by atoms with E-state index in [2.05, 4.69) is 44.9 Å². The molecule has 1 aromatic carbocycles. The van der Waals surface area contributed by atoms with Gasteiger partial charge in [0.15, 0.2) is 11.6 Å². The summed E-state index contributed by atoms with van der Waals surface area (Å²) in [5.74, 6) is -2.29. The van der Waals surface area contributed by atoms with Crippen LogP contribution in [-0.2, 0) is 67.4 Å². The monoisotopic (exact) mass is 608 g/mol. The van der Waals surface area contributed by atoms with Crippen LogP contribution in [0, 0.1) is 10.8 Å². The molecule has 42 heavy (non-hydrogen) atoms. The number of nitrogens with zero attached hydrogens (tertiary/aromatic N) is 6. The Labute approximate surface area is 249 Å². The summed E-state index contributed by atoms with van der Waals surface area (Å²) in [6.45, 7) is 1.14. The molecule has 3 aromatic rings. The van der Waals surface area contributed by atoms with E-state index in [-0.39, 0.29) is 34.2 Å². The predicted molar refractivity (Wildman–Crippen MR) is 152 cm³/mol. The topological polar surface area (TPSA) is 148 Å². The number of hydrogen-bond acceptors (Lipinski definition) is 12. The van der Waals surface area contributed by atoms with Crippen LogP contribution in [0.4, 0.5) is 0 Å². The van der Waals surface area contributed by atoms with Crippen LogP contribution >= 0.6 is 23.5 Å². The highest BCUT2D eigenvalue weighted by atomic mass is 32.2. The van der Waals surface area contributed by atoms with E-state index in [4.69, 9.17) is 9.47 Å². The molecule has 0 spiro atoms. The van der Waals surface area contributed by atoms with Gasteiger partial charge in [0.25, 0.3) is 0 Å². The fraction of sp³-hybridized carbons (Fsp3) is 0.429. The molecule has 0 N–H and O–H groups in total. The van der Waals surface area contributed by atoms with Gasteiger partial charge in [-0.2, -0.15) is 0 Å². The van der Waals surface area contributed by atoms with E-state index in [1.165, 1.54) is 14.2 Å². The fourth-order valence-corrected chi connectivity index (χ4v) is 8.50. The smallest absolute Gasteiger partial charge is 0.321 e. The predicted octanol–water partition coefficient (Wildman–Crippen LogP) is 1.62. The Balaban J connectivity index is 1.42. The third-order valence-electron chi connectivity index (χ3n) is 7.99. The summed E-state index contributed by atoms with van der Waals surface area (Å²) in [5.41, 5.74) is 0.0594. The van der Waals surface area contributed by atoms with E-state index >= 15 is 0 Å². The number of carbonyl (C=O) groups excluding carboxylic acids is 4. The van der Waals surface area contributed by atoms with Crippen LogP contribution in [-0.4, -0.2) is 79.2 Å². The van der Waals surface area contributed by atoms with Crippen molar-refractivity contribution in [2.75, 3.05) is 25.7 Å². The minimum atomic E-state index is -1.57. The Bertz CT molecular complexity index is 1500. The lowest BCUT2D eigenvalue weighted by Gasteiger charge is -2.22. The number of Topliss-reactive ketones (excluding diaryl/α,β-unsaturated/α-hetero) is 2. The Morgan fingerprint density at radius 1 is 0.738 bits per heavy atom. The zero-order chi connectivity index (χ0) is 29.5. The van der Waals surface area contributed by atoms with Crippen molar-refractivity contribution in [3.8, 4) is 0 Å². The largest absolute Gasteiger partial charge is 0.468 e. The minimum Gasteiger partial charge on any atom is -0.468 e. The van der Waals surface area contributed by atoms with E-state index in [0.717, 1.165) is 47.5 Å². The van der Waals surface area contributed by atoms with E-state index in [1.54, 1.807) is 21.8 Å².